The molecular weight excluding hydrogens is 185 g/mol. The van der Waals surface area contributed by atoms with Crippen LogP contribution in [0.4, 0.5) is 4.39 Å². The Morgan fingerprint density at radius 1 is 1.50 bits per heavy atom. The molecule has 5 nitrogen and oxygen atoms in total. The summed E-state index contributed by atoms with van der Waals surface area (Å²) in [6, 6.07) is 1.52. The topological polar surface area (TPSA) is 69.6 Å². The van der Waals surface area contributed by atoms with Crippen molar-refractivity contribution < 1.29 is 4.39 Å². The van der Waals surface area contributed by atoms with Crippen molar-refractivity contribution in [2.24, 2.45) is 5.73 Å². The average Bonchev–Trinajstić information content (AvgIpc) is 2.67. The van der Waals surface area contributed by atoms with Crippen LogP contribution < -0.4 is 5.73 Å². The molecule has 14 heavy (non-hydrogen) atoms. The maximum absolute atomic E-state index is 13.2. The van der Waals surface area contributed by atoms with E-state index in [1.54, 1.807) is 0 Å². The van der Waals surface area contributed by atoms with Gasteiger partial charge in [-0.3, -0.25) is 4.98 Å². The zero-order valence-electron chi connectivity index (χ0n) is 7.26. The van der Waals surface area contributed by atoms with E-state index in [1.807, 2.05) is 0 Å². The Kier molecular flexibility index (Phi) is 2.19. The molecule has 0 fully saturated rings. The Bertz CT molecular complexity index is 439. The Balaban J connectivity index is 2.44. The maximum Gasteiger partial charge on any atom is 0.167 e. The maximum atomic E-state index is 13.2. The first-order chi connectivity index (χ1) is 6.81. The predicted molar refractivity (Wildman–Crippen MR) is 47.0 cm³/mol. The van der Waals surface area contributed by atoms with Crippen LogP contribution in [-0.2, 0) is 6.54 Å². The van der Waals surface area contributed by atoms with Crippen LogP contribution in [0.25, 0.3) is 5.69 Å². The van der Waals surface area contributed by atoms with Crippen molar-refractivity contribution in [3.8, 4) is 5.69 Å². The second-order valence-electron chi connectivity index (χ2n) is 2.64. The number of nitrogens with zero attached hydrogens (tertiary/aromatic N) is 4. The average molecular weight is 193 g/mol. The summed E-state index contributed by atoms with van der Waals surface area (Å²) in [4.78, 5) is 7.53. The number of nitrogens with two attached hydrogens (primary N) is 1. The van der Waals surface area contributed by atoms with Crippen LogP contribution in [0.5, 0.6) is 0 Å². The molecule has 0 aliphatic heterocycles. The minimum Gasteiger partial charge on any atom is -0.324 e. The number of halogens is 1. The third kappa shape index (κ3) is 1.47. The molecule has 0 spiro atoms. The van der Waals surface area contributed by atoms with Crippen LogP contribution in [-0.4, -0.2) is 19.7 Å². The molecule has 6 heteroatoms. The Morgan fingerprint density at radius 2 is 2.36 bits per heavy atom. The highest BCUT2D eigenvalue weighted by molar-refractivity contribution is 5.28. The molecule has 0 aliphatic carbocycles. The van der Waals surface area contributed by atoms with Crippen molar-refractivity contribution in [2.45, 2.75) is 6.54 Å². The van der Waals surface area contributed by atoms with Gasteiger partial charge in [0.05, 0.1) is 12.7 Å². The molecule has 0 aromatic carbocycles. The van der Waals surface area contributed by atoms with E-state index in [0.29, 0.717) is 11.5 Å². The molecule has 0 unspecified atom stereocenters. The largest absolute Gasteiger partial charge is 0.324 e. The summed E-state index contributed by atoms with van der Waals surface area (Å²) in [5.41, 5.74) is 5.65. The third-order valence-corrected chi connectivity index (χ3v) is 1.72. The summed E-state index contributed by atoms with van der Waals surface area (Å²) in [7, 11) is 0. The van der Waals surface area contributed by atoms with Crippen LogP contribution >= 0.6 is 0 Å². The molecule has 2 rings (SSSR count). The van der Waals surface area contributed by atoms with Crippen molar-refractivity contribution in [1.82, 2.24) is 19.7 Å². The molecule has 2 N–H and O–H groups in total. The zero-order valence-corrected chi connectivity index (χ0v) is 7.26. The lowest BCUT2D eigenvalue weighted by molar-refractivity contribution is 0.603. The molecule has 2 aromatic heterocycles. The van der Waals surface area contributed by atoms with Crippen molar-refractivity contribution in [3.63, 3.8) is 0 Å². The molecule has 0 bridgehead atoms. The molecular formula is C8H8FN5. The predicted octanol–water partition coefficient (Wildman–Crippen LogP) is 0.260. The first-order valence-electron chi connectivity index (χ1n) is 4.02. The smallest absolute Gasteiger partial charge is 0.167 e. The lowest BCUT2D eigenvalue weighted by Crippen LogP contribution is -2.02. The standard InChI is InChI=1S/C8H8FN5/c9-6-4-11-2-1-7(6)14-5-12-8(3-10)13-14/h1-2,4-5H,3,10H2. The van der Waals surface area contributed by atoms with Gasteiger partial charge in [-0.25, -0.2) is 14.1 Å². The van der Waals surface area contributed by atoms with E-state index in [4.69, 9.17) is 5.73 Å². The van der Waals surface area contributed by atoms with E-state index < -0.39 is 5.82 Å². The summed E-state index contributed by atoms with van der Waals surface area (Å²) in [5, 5.41) is 3.97. The van der Waals surface area contributed by atoms with Gasteiger partial charge >= 0.3 is 0 Å². The summed E-state index contributed by atoms with van der Waals surface area (Å²) < 4.78 is 14.5. The lowest BCUT2D eigenvalue weighted by atomic mass is 10.4. The number of hydrogen-bond donors (Lipinski definition) is 1. The zero-order chi connectivity index (χ0) is 9.97. The van der Waals surface area contributed by atoms with Crippen LogP contribution in [0.15, 0.2) is 24.8 Å². The van der Waals surface area contributed by atoms with E-state index in [-0.39, 0.29) is 6.54 Å². The van der Waals surface area contributed by atoms with Gasteiger partial charge in [-0.2, -0.15) is 0 Å². The summed E-state index contributed by atoms with van der Waals surface area (Å²) in [5.74, 6) is 0.0298. The number of rotatable bonds is 2. The second kappa shape index (κ2) is 3.51. The molecule has 0 amide bonds. The van der Waals surface area contributed by atoms with E-state index in [9.17, 15) is 4.39 Å². The normalized spacial score (nSPS) is 10.4. The highest BCUT2D eigenvalue weighted by Gasteiger charge is 2.05. The van der Waals surface area contributed by atoms with Gasteiger partial charge in [0.15, 0.2) is 11.6 Å². The van der Waals surface area contributed by atoms with Gasteiger partial charge in [0.2, 0.25) is 0 Å². The minimum absolute atomic E-state index is 0.236. The Hall–Kier alpha value is -1.82. The van der Waals surface area contributed by atoms with Gasteiger partial charge in [0.1, 0.15) is 12.0 Å². The van der Waals surface area contributed by atoms with Gasteiger partial charge < -0.3 is 5.73 Å². The lowest BCUT2D eigenvalue weighted by Gasteiger charge is -1.99. The van der Waals surface area contributed by atoms with Gasteiger partial charge in [0, 0.05) is 6.20 Å². The Labute approximate surface area is 79.4 Å². The molecule has 72 valence electrons. The molecule has 0 radical (unpaired) electrons. The van der Waals surface area contributed by atoms with Crippen molar-refractivity contribution in [3.05, 3.63) is 36.4 Å². The van der Waals surface area contributed by atoms with E-state index in [2.05, 4.69) is 15.1 Å². The first kappa shape index (κ1) is 8.76. The number of aromatic nitrogens is 4. The summed E-state index contributed by atoms with van der Waals surface area (Å²) >= 11 is 0. The first-order valence-corrected chi connectivity index (χ1v) is 4.02. The fraction of sp³-hybridized carbons (Fsp3) is 0.125. The molecule has 2 heterocycles. The van der Waals surface area contributed by atoms with E-state index in [1.165, 1.54) is 23.3 Å². The fourth-order valence-electron chi connectivity index (χ4n) is 1.06. The number of hydrogen-bond acceptors (Lipinski definition) is 4. The Morgan fingerprint density at radius 3 is 3.00 bits per heavy atom. The number of pyridine rings is 1. The van der Waals surface area contributed by atoms with Crippen LogP contribution in [0.3, 0.4) is 0 Å². The second-order valence-corrected chi connectivity index (χ2v) is 2.64. The van der Waals surface area contributed by atoms with Gasteiger partial charge in [-0.15, -0.1) is 5.10 Å². The van der Waals surface area contributed by atoms with Gasteiger partial charge in [-0.05, 0) is 6.07 Å². The molecule has 2 aromatic rings. The highest BCUT2D eigenvalue weighted by Crippen LogP contribution is 2.09. The van der Waals surface area contributed by atoms with Gasteiger partial charge in [-0.1, -0.05) is 0 Å². The van der Waals surface area contributed by atoms with Gasteiger partial charge in [0.25, 0.3) is 0 Å². The third-order valence-electron chi connectivity index (χ3n) is 1.72. The summed E-state index contributed by atoms with van der Waals surface area (Å²) in [6.07, 6.45) is 4.03. The molecule has 0 saturated heterocycles. The van der Waals surface area contributed by atoms with Crippen LogP contribution in [0.2, 0.25) is 0 Å². The molecule has 0 saturated carbocycles. The molecule has 0 aliphatic rings. The molecule has 0 atom stereocenters. The highest BCUT2D eigenvalue weighted by atomic mass is 19.1. The monoisotopic (exact) mass is 193 g/mol. The fourth-order valence-corrected chi connectivity index (χ4v) is 1.06. The minimum atomic E-state index is -0.444. The van der Waals surface area contributed by atoms with E-state index >= 15 is 0 Å². The van der Waals surface area contributed by atoms with E-state index in [0.717, 1.165) is 6.20 Å². The van der Waals surface area contributed by atoms with Crippen LogP contribution in [0, 0.1) is 5.82 Å². The SMILES string of the molecule is NCc1ncn(-c2ccncc2F)n1. The van der Waals surface area contributed by atoms with Crippen LogP contribution in [0.1, 0.15) is 5.82 Å². The van der Waals surface area contributed by atoms with Crippen molar-refractivity contribution in [2.75, 3.05) is 0 Å². The quantitative estimate of drug-likeness (QED) is 0.742. The van der Waals surface area contributed by atoms with Crippen molar-refractivity contribution >= 4 is 0 Å². The van der Waals surface area contributed by atoms with Crippen molar-refractivity contribution in [1.29, 1.82) is 0 Å². The summed E-state index contributed by atoms with van der Waals surface area (Å²) in [6.45, 7) is 0.236.